The molecule has 4 aromatic carbocycles. The first-order valence-electron chi connectivity index (χ1n) is 28.5. The maximum atomic E-state index is 16.2. The number of benzene rings is 4. The van der Waals surface area contributed by atoms with Crippen LogP contribution in [0.3, 0.4) is 0 Å². The molecule has 3 aliphatic heterocycles. The van der Waals surface area contributed by atoms with Crippen molar-refractivity contribution in [1.29, 1.82) is 0 Å². The summed E-state index contributed by atoms with van der Waals surface area (Å²) in [5.74, 6) is 3.49. The van der Waals surface area contributed by atoms with Crippen molar-refractivity contribution in [3.63, 3.8) is 0 Å². The molecular weight excluding hydrogens is 993 g/mol. The van der Waals surface area contributed by atoms with Gasteiger partial charge in [-0.25, -0.2) is 0 Å². The first-order valence-corrected chi connectivity index (χ1v) is 28.5. The van der Waals surface area contributed by atoms with Gasteiger partial charge in [0.15, 0.2) is 17.3 Å². The highest BCUT2D eigenvalue weighted by atomic mass is 16.5. The summed E-state index contributed by atoms with van der Waals surface area (Å²) in [6.07, 6.45) is 13.0. The number of nitrogens with one attached hydrogen (secondary N) is 4. The number of phenols is 2. The van der Waals surface area contributed by atoms with Crippen LogP contribution in [-0.2, 0) is 41.7 Å². The Labute approximate surface area is 460 Å². The van der Waals surface area contributed by atoms with Gasteiger partial charge in [0.25, 0.3) is 0 Å². The molecule has 0 spiro atoms. The van der Waals surface area contributed by atoms with Crippen LogP contribution in [0.15, 0.2) is 103 Å². The van der Waals surface area contributed by atoms with E-state index in [1.54, 1.807) is 36.4 Å². The smallest absolute Gasteiger partial charge is 0.163 e. The number of carbonyl (C=O) groups excluding carboxylic acids is 2. The van der Waals surface area contributed by atoms with Crippen LogP contribution in [0, 0.1) is 29.6 Å². The van der Waals surface area contributed by atoms with Gasteiger partial charge in [0.2, 0.25) is 0 Å². The Kier molecular flexibility index (Phi) is 14.7. The van der Waals surface area contributed by atoms with Crippen LogP contribution in [0.25, 0.3) is 23.3 Å². The lowest BCUT2D eigenvalue weighted by atomic mass is 9.65. The summed E-state index contributed by atoms with van der Waals surface area (Å²) in [6.45, 7) is 0.561. The molecule has 5 heterocycles. The van der Waals surface area contributed by atoms with Gasteiger partial charge in [0.1, 0.15) is 29.5 Å². The monoisotopic (exact) mass is 1060 g/mol. The second kappa shape index (κ2) is 22.2. The molecule has 6 aliphatic rings. The number of H-pyrrole nitrogens is 2. The number of Topliss-reactive ketones (excluding diaryl/α,β-unsaturated/α-hetero) is 2. The Morgan fingerprint density at radius 3 is 2.47 bits per heavy atom. The highest BCUT2D eigenvalue weighted by molar-refractivity contribution is 6.05. The zero-order chi connectivity index (χ0) is 54.4. The summed E-state index contributed by atoms with van der Waals surface area (Å²) in [6, 6.07) is 24.2. The van der Waals surface area contributed by atoms with Crippen molar-refractivity contribution in [2.45, 2.75) is 126 Å². The van der Waals surface area contributed by atoms with Crippen molar-refractivity contribution in [2.24, 2.45) is 17.8 Å². The highest BCUT2D eigenvalue weighted by Crippen LogP contribution is 2.49. The first kappa shape index (κ1) is 52.5. The number of fused-ring (bicyclic) bond motifs is 14. The van der Waals surface area contributed by atoms with E-state index in [1.165, 1.54) is 0 Å². The molecule has 2 aromatic heterocycles. The van der Waals surface area contributed by atoms with Gasteiger partial charge in [-0.1, -0.05) is 72.5 Å². The number of carbonyl (C=O) groups is 2. The molecule has 12 rings (SSSR count). The van der Waals surface area contributed by atoms with Gasteiger partial charge in [-0.3, -0.25) is 9.59 Å². The molecule has 0 saturated heterocycles. The average Bonchev–Trinajstić information content (AvgIpc) is 4.45. The topological polar surface area (TPSA) is 220 Å². The van der Waals surface area contributed by atoms with E-state index in [4.69, 9.17) is 4.74 Å². The molecule has 8 bridgehead atoms. The number of aliphatic hydroxyl groups excluding tert-OH is 3. The predicted molar refractivity (Wildman–Crippen MR) is 304 cm³/mol. The van der Waals surface area contributed by atoms with Crippen molar-refractivity contribution in [2.75, 3.05) is 25.0 Å². The van der Waals surface area contributed by atoms with E-state index in [9.17, 15) is 30.6 Å². The maximum Gasteiger partial charge on any atom is 0.163 e. The third-order valence-electron chi connectivity index (χ3n) is 17.9. The average molecular weight is 1060 g/mol. The molecule has 8 atom stereocenters. The number of ketones is 2. The number of aromatic nitrogens is 2. The first-order chi connectivity index (χ1) is 38.4. The van der Waals surface area contributed by atoms with Crippen LogP contribution in [0.5, 0.6) is 17.2 Å². The number of rotatable bonds is 6. The van der Waals surface area contributed by atoms with Crippen molar-refractivity contribution in [3.05, 3.63) is 164 Å². The molecule has 6 aromatic rings. The van der Waals surface area contributed by atoms with Gasteiger partial charge in [0, 0.05) is 67.0 Å². The molecule has 0 amide bonds. The number of hydrogen-bond donors (Lipinski definition) is 10. The van der Waals surface area contributed by atoms with Gasteiger partial charge in [-0.15, -0.1) is 0 Å². The van der Waals surface area contributed by atoms with Gasteiger partial charge in [-0.05, 0) is 181 Å². The van der Waals surface area contributed by atoms with E-state index in [1.807, 2.05) is 54.9 Å². The number of phenolic OH excluding ortho intramolecular Hbond substituents is 2. The molecule has 1 saturated carbocycles. The summed E-state index contributed by atoms with van der Waals surface area (Å²) < 4.78 is 6.60. The Bertz CT molecular complexity index is 3430. The minimum atomic E-state index is -1.47. The molecule has 3 aliphatic carbocycles. The van der Waals surface area contributed by atoms with Gasteiger partial charge in [-0.2, -0.15) is 0 Å². The standard InChI is InChI=1S/C66H70N4O9/c71-28-22-49-58(73)17-14-38-29-53(63(76)60(30-38)79-45-10-2-3-11-45)62(75)51-33-43-31-41-20-26-69-65(41)70-55(16-15-42-37-67-25-6-9-39-7-1-4-12-46(39)50(51)32-44(43)34-59(42)74)52-35-56-48(21-27-68-56)54(61(52)64(49)77)36-66(78)23-18-40-8-5-13-57(72)47(40)19-24-66/h1,4-5,7-8,12-13,19-21,24,26-27,29-30,32-33,35,42,45,49,54-55,59,61-62,67-72,74-76,78H,2-3,6,9-11,14,17-18,22-23,25,28,31,34,36-37H2. The number of aryl methyl sites for hydroxylation is 3. The minimum Gasteiger partial charge on any atom is -0.507 e. The second-order valence-corrected chi connectivity index (χ2v) is 22.9. The molecular formula is C66H70N4O9. The van der Waals surface area contributed by atoms with Crippen molar-refractivity contribution in [3.8, 4) is 40.2 Å². The maximum absolute atomic E-state index is 16.2. The number of hydrogen-bond acceptors (Lipinski definition) is 11. The predicted octanol–water partition coefficient (Wildman–Crippen LogP) is 8.93. The summed E-state index contributed by atoms with van der Waals surface area (Å²) in [4.78, 5) is 38.2. The fourth-order valence-electron chi connectivity index (χ4n) is 13.6. The zero-order valence-corrected chi connectivity index (χ0v) is 44.4. The second-order valence-electron chi connectivity index (χ2n) is 22.9. The van der Waals surface area contributed by atoms with E-state index < -0.39 is 59.9 Å². The van der Waals surface area contributed by atoms with E-state index in [0.717, 1.165) is 88.7 Å². The van der Waals surface area contributed by atoms with Crippen LogP contribution >= 0.6 is 0 Å². The molecule has 8 unspecified atom stereocenters. The third kappa shape index (κ3) is 10.5. The molecule has 79 heavy (non-hydrogen) atoms. The Morgan fingerprint density at radius 1 is 0.772 bits per heavy atom. The lowest BCUT2D eigenvalue weighted by Crippen LogP contribution is -2.43. The van der Waals surface area contributed by atoms with Crippen molar-refractivity contribution in [1.82, 2.24) is 15.3 Å². The van der Waals surface area contributed by atoms with E-state index in [-0.39, 0.29) is 66.8 Å². The molecule has 1 fully saturated rings. The highest BCUT2D eigenvalue weighted by Gasteiger charge is 2.47. The minimum absolute atomic E-state index is 0.0728. The lowest BCUT2D eigenvalue weighted by molar-refractivity contribution is -0.135. The number of aromatic amines is 2. The van der Waals surface area contributed by atoms with Crippen molar-refractivity contribution < 1.29 is 45.0 Å². The molecule has 13 heteroatoms. The van der Waals surface area contributed by atoms with Crippen LogP contribution in [0.4, 0.5) is 5.82 Å². The third-order valence-corrected chi connectivity index (χ3v) is 17.9. The largest absolute Gasteiger partial charge is 0.507 e. The normalized spacial score (nSPS) is 26.0. The van der Waals surface area contributed by atoms with Crippen LogP contribution in [0.1, 0.15) is 131 Å². The Hall–Kier alpha value is -7.18. The Morgan fingerprint density at radius 2 is 1.61 bits per heavy atom. The lowest BCUT2D eigenvalue weighted by Gasteiger charge is -2.39. The SMILES string of the molecule is O=C1CCc2cc(OC3CCCC3)c(O)c(c2)C(O)c2cc3c4cc2-c2ccccc2CCCNCC(C#CC(Nc2[nH]ccc2C3)C2=Cc3[nH]ccc3C(CC3(O)C=Cc5c(O)cccc5CC3)C2C(=O)C1CCO)C(O)C4. The zero-order valence-electron chi connectivity index (χ0n) is 44.4. The number of aromatic hydroxyl groups is 2. The van der Waals surface area contributed by atoms with Gasteiger partial charge >= 0.3 is 0 Å². The summed E-state index contributed by atoms with van der Waals surface area (Å²) in [5.41, 5.74) is 8.98. The van der Waals surface area contributed by atoms with Gasteiger partial charge < -0.3 is 56.0 Å². The number of ether oxygens (including phenoxy) is 1. The van der Waals surface area contributed by atoms with Crippen LogP contribution < -0.4 is 15.4 Å². The number of anilines is 1. The van der Waals surface area contributed by atoms with Crippen LogP contribution in [-0.4, -0.2) is 95.7 Å². The van der Waals surface area contributed by atoms with Crippen molar-refractivity contribution >= 4 is 29.5 Å². The summed E-state index contributed by atoms with van der Waals surface area (Å²) in [7, 11) is 0. The summed E-state index contributed by atoms with van der Waals surface area (Å²) >= 11 is 0. The molecule has 13 nitrogen and oxygen atoms in total. The Balaban J connectivity index is 1.08. The van der Waals surface area contributed by atoms with E-state index in [0.29, 0.717) is 60.4 Å². The fourth-order valence-corrected chi connectivity index (χ4v) is 13.6. The van der Waals surface area contributed by atoms with Gasteiger partial charge in [0.05, 0.1) is 29.6 Å². The van der Waals surface area contributed by atoms with E-state index >= 15 is 9.59 Å². The summed E-state index contributed by atoms with van der Waals surface area (Å²) in [5, 5.41) is 80.1. The molecule has 0 radical (unpaired) electrons. The van der Waals surface area contributed by atoms with Crippen LogP contribution in [0.2, 0.25) is 0 Å². The fraction of sp³-hybridized carbons (Fsp3) is 0.394. The molecule has 408 valence electrons. The quantitative estimate of drug-likeness (QED) is 0.0561. The molecule has 10 N–H and O–H groups in total. The van der Waals surface area contributed by atoms with E-state index in [2.05, 4.69) is 50.6 Å². The number of aliphatic hydroxyl groups is 4.